The fourth-order valence-corrected chi connectivity index (χ4v) is 4.44. The van der Waals surface area contributed by atoms with Gasteiger partial charge in [0.1, 0.15) is 5.75 Å². The summed E-state index contributed by atoms with van der Waals surface area (Å²) < 4.78 is 5.16. The van der Waals surface area contributed by atoms with Gasteiger partial charge in [-0.1, -0.05) is 18.2 Å². The number of nitrogens with one attached hydrogen (secondary N) is 1. The summed E-state index contributed by atoms with van der Waals surface area (Å²) in [5.41, 5.74) is 2.17. The third-order valence-electron chi connectivity index (χ3n) is 6.00. The predicted octanol–water partition coefficient (Wildman–Crippen LogP) is 3.86. The second-order valence-corrected chi connectivity index (χ2v) is 8.27. The number of hydrogen-bond donors (Lipinski definition) is 1. The third kappa shape index (κ3) is 6.04. The molecule has 0 radical (unpaired) electrons. The van der Waals surface area contributed by atoms with Crippen LogP contribution in [-0.4, -0.2) is 43.5 Å². The lowest BCUT2D eigenvalue weighted by atomic mass is 9.77. The Morgan fingerprint density at radius 2 is 1.86 bits per heavy atom. The zero-order valence-electron chi connectivity index (χ0n) is 17.8. The molecule has 1 N–H and O–H groups in total. The van der Waals surface area contributed by atoms with E-state index < -0.39 is 0 Å². The van der Waals surface area contributed by atoms with Crippen molar-refractivity contribution in [3.63, 3.8) is 0 Å². The van der Waals surface area contributed by atoms with E-state index in [1.165, 1.54) is 12.8 Å². The van der Waals surface area contributed by atoms with Crippen molar-refractivity contribution >= 4 is 5.91 Å². The number of methoxy groups -OCH3 is 1. The Labute approximate surface area is 174 Å². The minimum Gasteiger partial charge on any atom is -0.497 e. The van der Waals surface area contributed by atoms with E-state index in [4.69, 9.17) is 4.74 Å². The molecule has 1 aromatic heterocycles. The fourth-order valence-electron chi connectivity index (χ4n) is 4.44. The molecular weight excluding hydrogens is 362 g/mol. The van der Waals surface area contributed by atoms with Gasteiger partial charge in [0.2, 0.25) is 5.91 Å². The van der Waals surface area contributed by atoms with Crippen LogP contribution in [0.15, 0.2) is 48.7 Å². The molecule has 0 aliphatic heterocycles. The van der Waals surface area contributed by atoms with E-state index in [0.717, 1.165) is 36.4 Å². The summed E-state index contributed by atoms with van der Waals surface area (Å²) in [7, 11) is 5.93. The first-order valence-corrected chi connectivity index (χ1v) is 10.5. The molecule has 1 saturated carbocycles. The molecule has 29 heavy (non-hydrogen) atoms. The highest BCUT2D eigenvalue weighted by Crippen LogP contribution is 2.38. The highest BCUT2D eigenvalue weighted by molar-refractivity contribution is 5.78. The number of rotatable bonds is 8. The predicted molar refractivity (Wildman–Crippen MR) is 116 cm³/mol. The van der Waals surface area contributed by atoms with Crippen molar-refractivity contribution in [3.05, 3.63) is 59.9 Å². The molecule has 1 aliphatic rings. The Hall–Kier alpha value is -2.40. The maximum absolute atomic E-state index is 12.3. The molecule has 1 atom stereocenters. The lowest BCUT2D eigenvalue weighted by Gasteiger charge is -2.37. The Kier molecular flexibility index (Phi) is 7.64. The normalized spacial score (nSPS) is 20.3. The molecule has 0 saturated heterocycles. The number of amides is 1. The Balaban J connectivity index is 1.44. The van der Waals surface area contributed by atoms with Gasteiger partial charge in [0, 0.05) is 12.7 Å². The fraction of sp³-hybridized carbons (Fsp3) is 0.500. The van der Waals surface area contributed by atoms with Gasteiger partial charge in [-0.25, -0.2) is 0 Å². The molecule has 0 unspecified atom stereocenters. The van der Waals surface area contributed by atoms with Gasteiger partial charge in [-0.3, -0.25) is 9.78 Å². The lowest BCUT2D eigenvalue weighted by molar-refractivity contribution is -0.120. The highest BCUT2D eigenvalue weighted by Gasteiger charge is 2.30. The second kappa shape index (κ2) is 10.4. The molecule has 1 heterocycles. The average molecular weight is 396 g/mol. The van der Waals surface area contributed by atoms with Crippen LogP contribution in [0, 0.1) is 11.8 Å². The second-order valence-electron chi connectivity index (χ2n) is 8.27. The summed E-state index contributed by atoms with van der Waals surface area (Å²) >= 11 is 0. The van der Waals surface area contributed by atoms with Crippen LogP contribution in [0.25, 0.3) is 0 Å². The van der Waals surface area contributed by atoms with Crippen LogP contribution in [0.3, 0.4) is 0 Å². The molecule has 0 spiro atoms. The van der Waals surface area contributed by atoms with Crippen molar-refractivity contribution in [2.24, 2.45) is 11.8 Å². The van der Waals surface area contributed by atoms with E-state index in [1.54, 1.807) is 7.11 Å². The number of carbonyl (C=O) groups is 1. The molecule has 1 amide bonds. The van der Waals surface area contributed by atoms with Crippen molar-refractivity contribution in [1.82, 2.24) is 15.2 Å². The SMILES string of the molecule is COc1ccc(CC(=O)NCC2CCC([C@H](c3ccccn3)N(C)C)CC2)cc1. The maximum atomic E-state index is 12.3. The molecule has 0 bridgehead atoms. The van der Waals surface area contributed by atoms with E-state index in [1.807, 2.05) is 36.5 Å². The van der Waals surface area contributed by atoms with Crippen LogP contribution >= 0.6 is 0 Å². The van der Waals surface area contributed by atoms with E-state index in [-0.39, 0.29) is 5.91 Å². The van der Waals surface area contributed by atoms with Crippen molar-refractivity contribution in [2.75, 3.05) is 27.7 Å². The molecule has 2 aromatic rings. The molecule has 5 heteroatoms. The standard InChI is InChI=1S/C24H33N3O2/c1-27(2)24(22-6-4-5-15-25-22)20-11-7-19(8-12-20)17-26-23(28)16-18-9-13-21(29-3)14-10-18/h4-6,9-10,13-15,19-20,24H,7-8,11-12,16-17H2,1-3H3,(H,26,28)/t19?,20?,24-/m1/s1. The van der Waals surface area contributed by atoms with Crippen LogP contribution in [0.2, 0.25) is 0 Å². The summed E-state index contributed by atoms with van der Waals surface area (Å²) in [5, 5.41) is 3.14. The summed E-state index contributed by atoms with van der Waals surface area (Å²) in [6.07, 6.45) is 6.98. The highest BCUT2D eigenvalue weighted by atomic mass is 16.5. The van der Waals surface area contributed by atoms with Gasteiger partial charge < -0.3 is 15.0 Å². The van der Waals surface area contributed by atoms with Crippen molar-refractivity contribution in [2.45, 2.75) is 38.1 Å². The molecule has 3 rings (SSSR count). The van der Waals surface area contributed by atoms with Crippen LogP contribution in [0.1, 0.15) is 43.0 Å². The zero-order valence-corrected chi connectivity index (χ0v) is 17.8. The van der Waals surface area contributed by atoms with Crippen LogP contribution < -0.4 is 10.1 Å². The van der Waals surface area contributed by atoms with Gasteiger partial charge in [0.25, 0.3) is 0 Å². The van der Waals surface area contributed by atoms with Gasteiger partial charge in [0.15, 0.2) is 0 Å². The topological polar surface area (TPSA) is 54.5 Å². The molecular formula is C24H33N3O2. The van der Waals surface area contributed by atoms with Crippen molar-refractivity contribution < 1.29 is 9.53 Å². The zero-order chi connectivity index (χ0) is 20.6. The molecule has 1 aromatic carbocycles. The van der Waals surface area contributed by atoms with Crippen LogP contribution in [-0.2, 0) is 11.2 Å². The summed E-state index contributed by atoms with van der Waals surface area (Å²) in [6.45, 7) is 0.776. The van der Waals surface area contributed by atoms with E-state index in [2.05, 4.69) is 41.4 Å². The van der Waals surface area contributed by atoms with Crippen LogP contribution in [0.5, 0.6) is 5.75 Å². The minimum absolute atomic E-state index is 0.0944. The summed E-state index contributed by atoms with van der Waals surface area (Å²) in [5.74, 6) is 2.09. The Bertz CT molecular complexity index is 753. The molecule has 1 fully saturated rings. The van der Waals surface area contributed by atoms with Gasteiger partial charge in [-0.05, 0) is 81.4 Å². The minimum atomic E-state index is 0.0944. The molecule has 5 nitrogen and oxygen atoms in total. The van der Waals surface area contributed by atoms with E-state index in [9.17, 15) is 4.79 Å². The van der Waals surface area contributed by atoms with Crippen molar-refractivity contribution in [1.29, 1.82) is 0 Å². The quantitative estimate of drug-likeness (QED) is 0.737. The summed E-state index contributed by atoms with van der Waals surface area (Å²) in [6, 6.07) is 14.2. The van der Waals surface area contributed by atoms with Crippen molar-refractivity contribution in [3.8, 4) is 5.75 Å². The first kappa shape index (κ1) is 21.3. The van der Waals surface area contributed by atoms with Gasteiger partial charge in [-0.2, -0.15) is 0 Å². The largest absolute Gasteiger partial charge is 0.497 e. The first-order valence-electron chi connectivity index (χ1n) is 10.5. The van der Waals surface area contributed by atoms with Gasteiger partial charge in [0.05, 0.1) is 25.3 Å². The van der Waals surface area contributed by atoms with Gasteiger partial charge >= 0.3 is 0 Å². The molecule has 1 aliphatic carbocycles. The first-order chi connectivity index (χ1) is 14.1. The third-order valence-corrected chi connectivity index (χ3v) is 6.00. The number of pyridine rings is 1. The number of carbonyl (C=O) groups excluding carboxylic acids is 1. The number of hydrogen-bond acceptors (Lipinski definition) is 4. The maximum Gasteiger partial charge on any atom is 0.224 e. The lowest BCUT2D eigenvalue weighted by Crippen LogP contribution is -2.35. The number of ether oxygens (including phenoxy) is 1. The average Bonchev–Trinajstić information content (AvgIpc) is 2.74. The van der Waals surface area contributed by atoms with Crippen LogP contribution in [0.4, 0.5) is 0 Å². The van der Waals surface area contributed by atoms with E-state index >= 15 is 0 Å². The van der Waals surface area contributed by atoms with E-state index in [0.29, 0.717) is 24.3 Å². The summed E-state index contributed by atoms with van der Waals surface area (Å²) in [4.78, 5) is 19.2. The number of aromatic nitrogens is 1. The Morgan fingerprint density at radius 3 is 2.45 bits per heavy atom. The Morgan fingerprint density at radius 1 is 1.14 bits per heavy atom. The van der Waals surface area contributed by atoms with Gasteiger partial charge in [-0.15, -0.1) is 0 Å². The monoisotopic (exact) mass is 395 g/mol. The number of benzene rings is 1. The molecule has 156 valence electrons. The number of nitrogens with zero attached hydrogens (tertiary/aromatic N) is 2. The smallest absolute Gasteiger partial charge is 0.224 e.